The number of nitrogens with one attached hydrogen (secondary N) is 1. The van der Waals surface area contributed by atoms with Crippen LogP contribution in [0, 0.1) is 13.8 Å². The maximum atomic E-state index is 12.3. The molecule has 0 radical (unpaired) electrons. The first kappa shape index (κ1) is 13.0. The number of hydrogen-bond donors (Lipinski definition) is 1. The summed E-state index contributed by atoms with van der Waals surface area (Å²) in [4.78, 5) is 0.312. The summed E-state index contributed by atoms with van der Waals surface area (Å²) in [6, 6.07) is 0. The molecule has 0 aliphatic heterocycles. The Morgan fingerprint density at radius 1 is 1.47 bits per heavy atom. The predicted octanol–water partition coefficient (Wildman–Crippen LogP) is 1.24. The third-order valence-electron chi connectivity index (χ3n) is 3.17. The van der Waals surface area contributed by atoms with Gasteiger partial charge in [0.1, 0.15) is 4.90 Å². The van der Waals surface area contributed by atoms with Gasteiger partial charge in [0.25, 0.3) is 0 Å². The van der Waals surface area contributed by atoms with E-state index in [1.165, 1.54) is 0 Å². The molecular weight excluding hydrogens is 306 g/mol. The zero-order valence-corrected chi connectivity index (χ0v) is 12.5. The van der Waals surface area contributed by atoms with Gasteiger partial charge in [-0.2, -0.15) is 5.10 Å². The fourth-order valence-corrected chi connectivity index (χ4v) is 4.68. The highest BCUT2D eigenvalue weighted by Gasteiger charge is 2.45. The van der Waals surface area contributed by atoms with Gasteiger partial charge in [0.2, 0.25) is 10.0 Å². The lowest BCUT2D eigenvalue weighted by Gasteiger charge is -2.14. The van der Waals surface area contributed by atoms with Gasteiger partial charge in [-0.25, -0.2) is 13.1 Å². The van der Waals surface area contributed by atoms with Crippen molar-refractivity contribution in [1.29, 1.82) is 0 Å². The first-order chi connectivity index (χ1) is 7.81. The summed E-state index contributed by atoms with van der Waals surface area (Å²) in [6.07, 6.45) is 1.77. The lowest BCUT2D eigenvalue weighted by Crippen LogP contribution is -2.38. The van der Waals surface area contributed by atoms with Crippen LogP contribution in [-0.4, -0.2) is 29.1 Å². The second-order valence-corrected chi connectivity index (χ2v) is 6.82. The number of rotatable bonds is 4. The smallest absolute Gasteiger partial charge is 0.244 e. The number of hydrogen-bond acceptors (Lipinski definition) is 3. The molecule has 0 atom stereocenters. The van der Waals surface area contributed by atoms with E-state index in [9.17, 15) is 8.42 Å². The molecule has 0 bridgehead atoms. The molecule has 1 fully saturated rings. The van der Waals surface area contributed by atoms with Crippen LogP contribution in [0.4, 0.5) is 0 Å². The molecule has 1 aliphatic rings. The quantitative estimate of drug-likeness (QED) is 0.849. The average Bonchev–Trinajstić information content (AvgIpc) is 2.91. The Morgan fingerprint density at radius 2 is 2.06 bits per heavy atom. The summed E-state index contributed by atoms with van der Waals surface area (Å²) >= 11 is 3.35. The third-order valence-corrected chi connectivity index (χ3v) is 6.07. The van der Waals surface area contributed by atoms with Gasteiger partial charge in [0.05, 0.1) is 11.4 Å². The van der Waals surface area contributed by atoms with E-state index in [0.717, 1.165) is 12.8 Å². The fraction of sp³-hybridized carbons (Fsp3) is 0.700. The molecule has 0 aromatic carbocycles. The first-order valence-corrected chi connectivity index (χ1v) is 8.02. The minimum absolute atomic E-state index is 0.284. The Bertz CT molecular complexity index is 546. The van der Waals surface area contributed by atoms with Crippen molar-refractivity contribution >= 4 is 26.0 Å². The number of nitrogens with zero attached hydrogens (tertiary/aromatic N) is 2. The first-order valence-electron chi connectivity index (χ1n) is 5.41. The van der Waals surface area contributed by atoms with Crippen molar-refractivity contribution in [2.24, 2.45) is 7.05 Å². The summed E-state index contributed by atoms with van der Waals surface area (Å²) in [5, 5.41) is 4.79. The second kappa shape index (κ2) is 4.07. The number of aromatic nitrogens is 2. The monoisotopic (exact) mass is 321 g/mol. The van der Waals surface area contributed by atoms with Crippen molar-refractivity contribution in [1.82, 2.24) is 14.5 Å². The summed E-state index contributed by atoms with van der Waals surface area (Å²) in [6.45, 7) is 3.48. The average molecular weight is 322 g/mol. The van der Waals surface area contributed by atoms with E-state index in [2.05, 4.69) is 25.8 Å². The molecule has 7 heteroatoms. The molecule has 0 spiro atoms. The molecule has 96 valence electrons. The van der Waals surface area contributed by atoms with Crippen molar-refractivity contribution in [2.75, 3.05) is 5.33 Å². The van der Waals surface area contributed by atoms with E-state index in [4.69, 9.17) is 0 Å². The van der Waals surface area contributed by atoms with Gasteiger partial charge in [-0.1, -0.05) is 15.9 Å². The van der Waals surface area contributed by atoms with Crippen LogP contribution in [0.25, 0.3) is 0 Å². The molecule has 0 amide bonds. The highest BCUT2D eigenvalue weighted by molar-refractivity contribution is 9.09. The molecule has 17 heavy (non-hydrogen) atoms. The number of halogens is 1. The van der Waals surface area contributed by atoms with Crippen molar-refractivity contribution in [3.8, 4) is 0 Å². The van der Waals surface area contributed by atoms with Crippen molar-refractivity contribution < 1.29 is 8.42 Å². The lowest BCUT2D eigenvalue weighted by atomic mass is 10.4. The van der Waals surface area contributed by atoms with E-state index >= 15 is 0 Å². The van der Waals surface area contributed by atoms with Crippen LogP contribution >= 0.6 is 15.9 Å². The van der Waals surface area contributed by atoms with Crippen LogP contribution in [0.2, 0.25) is 0 Å². The van der Waals surface area contributed by atoms with E-state index < -0.39 is 10.0 Å². The van der Waals surface area contributed by atoms with Crippen LogP contribution < -0.4 is 4.72 Å². The van der Waals surface area contributed by atoms with Gasteiger partial charge in [0.15, 0.2) is 0 Å². The largest absolute Gasteiger partial charge is 0.271 e. The normalized spacial score (nSPS) is 18.4. The molecule has 1 N–H and O–H groups in total. The minimum atomic E-state index is -3.47. The topological polar surface area (TPSA) is 64.0 Å². The van der Waals surface area contributed by atoms with Gasteiger partial charge in [-0.3, -0.25) is 4.68 Å². The van der Waals surface area contributed by atoms with Crippen LogP contribution in [-0.2, 0) is 17.1 Å². The van der Waals surface area contributed by atoms with E-state index in [-0.39, 0.29) is 5.54 Å². The highest BCUT2D eigenvalue weighted by atomic mass is 79.9. The maximum absolute atomic E-state index is 12.3. The second-order valence-electron chi connectivity index (χ2n) is 4.64. The van der Waals surface area contributed by atoms with E-state index in [1.807, 2.05) is 0 Å². The molecule has 1 saturated carbocycles. The molecule has 2 rings (SSSR count). The Morgan fingerprint density at radius 3 is 2.41 bits per heavy atom. The number of alkyl halides is 1. The highest BCUT2D eigenvalue weighted by Crippen LogP contribution is 2.38. The maximum Gasteiger partial charge on any atom is 0.244 e. The lowest BCUT2D eigenvalue weighted by molar-refractivity contribution is 0.559. The molecule has 0 saturated heterocycles. The molecule has 1 aromatic heterocycles. The summed E-state index contributed by atoms with van der Waals surface area (Å²) in [5.41, 5.74) is 0.927. The molecule has 5 nitrogen and oxygen atoms in total. The van der Waals surface area contributed by atoms with Gasteiger partial charge in [-0.15, -0.1) is 0 Å². The Hall–Kier alpha value is -0.400. The van der Waals surface area contributed by atoms with Gasteiger partial charge in [0, 0.05) is 17.9 Å². The standard InChI is InChI=1S/C10H16BrN3O2S/c1-7-9(8(2)14(3)12-7)17(15,16)13-10(6-11)4-5-10/h13H,4-6H2,1-3H3. The van der Waals surface area contributed by atoms with Crippen LogP contribution in [0.15, 0.2) is 4.90 Å². The zero-order chi connectivity index (χ0) is 12.8. The Kier molecular flexibility index (Phi) is 3.12. The summed E-state index contributed by atoms with van der Waals surface area (Å²) < 4.78 is 29.0. The van der Waals surface area contributed by atoms with Gasteiger partial charge >= 0.3 is 0 Å². The SMILES string of the molecule is Cc1nn(C)c(C)c1S(=O)(=O)NC1(CBr)CC1. The van der Waals surface area contributed by atoms with Crippen molar-refractivity contribution in [3.63, 3.8) is 0 Å². The van der Waals surface area contributed by atoms with E-state index in [1.54, 1.807) is 25.6 Å². The third kappa shape index (κ3) is 2.28. The van der Waals surface area contributed by atoms with Crippen LogP contribution in [0.1, 0.15) is 24.2 Å². The number of sulfonamides is 1. The Balaban J connectivity index is 2.38. The minimum Gasteiger partial charge on any atom is -0.271 e. The molecule has 1 aliphatic carbocycles. The van der Waals surface area contributed by atoms with Crippen LogP contribution in [0.5, 0.6) is 0 Å². The Labute approximate surface area is 110 Å². The van der Waals surface area contributed by atoms with Crippen molar-refractivity contribution in [2.45, 2.75) is 37.1 Å². The summed E-state index contributed by atoms with van der Waals surface area (Å²) in [5.74, 6) is 0. The van der Waals surface area contributed by atoms with Crippen LogP contribution in [0.3, 0.4) is 0 Å². The molecule has 1 heterocycles. The molecule has 1 aromatic rings. The predicted molar refractivity (Wildman–Crippen MR) is 68.8 cm³/mol. The molecule has 0 unspecified atom stereocenters. The van der Waals surface area contributed by atoms with E-state index in [0.29, 0.717) is 21.6 Å². The fourth-order valence-electron chi connectivity index (χ4n) is 1.89. The zero-order valence-electron chi connectivity index (χ0n) is 10.1. The number of aryl methyl sites for hydroxylation is 2. The van der Waals surface area contributed by atoms with Gasteiger partial charge in [-0.05, 0) is 26.7 Å². The molecular formula is C10H16BrN3O2S. The summed E-state index contributed by atoms with van der Waals surface area (Å²) in [7, 11) is -1.72. The van der Waals surface area contributed by atoms with Gasteiger partial charge < -0.3 is 0 Å². The van der Waals surface area contributed by atoms with Crippen molar-refractivity contribution in [3.05, 3.63) is 11.4 Å².